The number of carbonyl (C=O) groups is 1. The maximum atomic E-state index is 11.0. The number of amidine groups is 1. The number of nitrogens with zero attached hydrogens (tertiary/aromatic N) is 1. The molecule has 1 rings (SSSR count). The minimum absolute atomic E-state index is 0.261. The van der Waals surface area contributed by atoms with Crippen LogP contribution in [0.4, 0.5) is 0 Å². The van der Waals surface area contributed by atoms with Crippen molar-refractivity contribution in [1.29, 1.82) is 0 Å². The van der Waals surface area contributed by atoms with Gasteiger partial charge in [-0.1, -0.05) is 11.8 Å². The monoisotopic (exact) mass is 202 g/mol. The lowest BCUT2D eigenvalue weighted by Crippen LogP contribution is -2.37. The second-order valence-corrected chi connectivity index (χ2v) is 3.99. The van der Waals surface area contributed by atoms with E-state index in [9.17, 15) is 4.79 Å². The quantitative estimate of drug-likeness (QED) is 0.667. The number of esters is 1. The molecule has 0 aliphatic carbocycles. The maximum absolute atomic E-state index is 11.0. The summed E-state index contributed by atoms with van der Waals surface area (Å²) in [7, 11) is 1.38. The summed E-state index contributed by atoms with van der Waals surface area (Å²) in [6.45, 7) is 3.81. The van der Waals surface area contributed by atoms with Crippen LogP contribution in [0.3, 0.4) is 0 Å². The van der Waals surface area contributed by atoms with E-state index in [1.54, 1.807) is 18.7 Å². The minimum atomic E-state index is -0.318. The molecule has 0 aromatic heterocycles. The smallest absolute Gasteiger partial charge is 0.328 e. The van der Waals surface area contributed by atoms with E-state index in [4.69, 9.17) is 0 Å². The molecule has 1 heterocycles. The van der Waals surface area contributed by atoms with E-state index in [2.05, 4.69) is 15.0 Å². The van der Waals surface area contributed by atoms with Crippen LogP contribution in [-0.4, -0.2) is 36.1 Å². The van der Waals surface area contributed by atoms with Gasteiger partial charge in [-0.15, -0.1) is 0 Å². The van der Waals surface area contributed by atoms with E-state index in [1.807, 2.05) is 6.92 Å². The summed E-state index contributed by atoms with van der Waals surface area (Å²) in [6.07, 6.45) is 0. The van der Waals surface area contributed by atoms with Crippen molar-refractivity contribution in [3.8, 4) is 0 Å². The third kappa shape index (κ3) is 2.91. The predicted molar refractivity (Wildman–Crippen MR) is 54.0 cm³/mol. The lowest BCUT2D eigenvalue weighted by molar-refractivity contribution is -0.142. The van der Waals surface area contributed by atoms with Gasteiger partial charge in [0.25, 0.3) is 0 Å². The van der Waals surface area contributed by atoms with Crippen molar-refractivity contribution >= 4 is 22.9 Å². The molecule has 1 aliphatic rings. The van der Waals surface area contributed by atoms with Crippen LogP contribution in [0.15, 0.2) is 4.99 Å². The van der Waals surface area contributed by atoms with Gasteiger partial charge in [-0.25, -0.2) is 4.79 Å². The molecular formula is C8H14N2O2S. The highest BCUT2D eigenvalue weighted by Gasteiger charge is 2.19. The fourth-order valence-corrected chi connectivity index (χ4v) is 1.96. The molecule has 5 heteroatoms. The SMILES string of the molecule is COC(=O)C(C)NC1=NC(C)CS1. The number of hydrogen-bond donors (Lipinski definition) is 1. The van der Waals surface area contributed by atoms with E-state index in [0.29, 0.717) is 6.04 Å². The van der Waals surface area contributed by atoms with Gasteiger partial charge in [-0.2, -0.15) is 0 Å². The summed E-state index contributed by atoms with van der Waals surface area (Å²) in [4.78, 5) is 15.3. The molecule has 0 fully saturated rings. The molecule has 0 spiro atoms. The van der Waals surface area contributed by atoms with Crippen LogP contribution >= 0.6 is 11.8 Å². The van der Waals surface area contributed by atoms with Gasteiger partial charge in [0.1, 0.15) is 6.04 Å². The zero-order valence-corrected chi connectivity index (χ0v) is 8.85. The number of rotatable bonds is 2. The van der Waals surface area contributed by atoms with Gasteiger partial charge in [0.2, 0.25) is 0 Å². The van der Waals surface area contributed by atoms with E-state index in [1.165, 1.54) is 7.11 Å². The summed E-state index contributed by atoms with van der Waals surface area (Å²) in [5, 5.41) is 3.84. The Morgan fingerprint density at radius 3 is 3.00 bits per heavy atom. The lowest BCUT2D eigenvalue weighted by Gasteiger charge is -2.11. The van der Waals surface area contributed by atoms with E-state index in [0.717, 1.165) is 10.9 Å². The predicted octanol–water partition coefficient (Wildman–Crippen LogP) is 0.629. The van der Waals surface area contributed by atoms with E-state index < -0.39 is 0 Å². The molecule has 0 aromatic rings. The maximum Gasteiger partial charge on any atom is 0.328 e. The fourth-order valence-electron chi connectivity index (χ4n) is 0.974. The van der Waals surface area contributed by atoms with Crippen molar-refractivity contribution in [3.63, 3.8) is 0 Å². The summed E-state index contributed by atoms with van der Waals surface area (Å²) >= 11 is 1.64. The third-order valence-electron chi connectivity index (χ3n) is 1.69. The summed E-state index contributed by atoms with van der Waals surface area (Å²) in [5.41, 5.74) is 0. The van der Waals surface area contributed by atoms with Crippen LogP contribution in [0.2, 0.25) is 0 Å². The summed E-state index contributed by atoms with van der Waals surface area (Å²) < 4.78 is 4.58. The van der Waals surface area contributed by atoms with Crippen LogP contribution in [0.25, 0.3) is 0 Å². The number of hydrogen-bond acceptors (Lipinski definition) is 5. The van der Waals surface area contributed by atoms with Gasteiger partial charge in [0, 0.05) is 5.75 Å². The van der Waals surface area contributed by atoms with Gasteiger partial charge in [0.15, 0.2) is 5.17 Å². The first-order valence-electron chi connectivity index (χ1n) is 4.18. The van der Waals surface area contributed by atoms with E-state index in [-0.39, 0.29) is 12.0 Å². The Morgan fingerprint density at radius 2 is 2.54 bits per heavy atom. The summed E-state index contributed by atoms with van der Waals surface area (Å²) in [6, 6.07) is 0.0268. The van der Waals surface area contributed by atoms with Gasteiger partial charge in [-0.3, -0.25) is 4.99 Å². The molecule has 1 N–H and O–H groups in total. The van der Waals surface area contributed by atoms with Gasteiger partial charge >= 0.3 is 5.97 Å². The molecule has 2 atom stereocenters. The summed E-state index contributed by atoms with van der Waals surface area (Å²) in [5.74, 6) is 0.721. The Morgan fingerprint density at radius 1 is 1.85 bits per heavy atom. The number of nitrogens with one attached hydrogen (secondary N) is 1. The first-order chi connectivity index (χ1) is 6.13. The van der Waals surface area contributed by atoms with Gasteiger partial charge in [0.05, 0.1) is 13.2 Å². The Kier molecular flexibility index (Phi) is 3.59. The Balaban J connectivity index is 2.40. The van der Waals surface area contributed by atoms with Crippen molar-refractivity contribution in [2.75, 3.05) is 12.9 Å². The zero-order chi connectivity index (χ0) is 9.84. The average Bonchev–Trinajstić information content (AvgIpc) is 2.49. The Bertz CT molecular complexity index is 230. The van der Waals surface area contributed by atoms with Crippen molar-refractivity contribution in [2.45, 2.75) is 25.9 Å². The number of carbonyl (C=O) groups excluding carboxylic acids is 1. The minimum Gasteiger partial charge on any atom is -0.467 e. The molecule has 2 unspecified atom stereocenters. The highest BCUT2D eigenvalue weighted by molar-refractivity contribution is 8.14. The fraction of sp³-hybridized carbons (Fsp3) is 0.750. The van der Waals surface area contributed by atoms with Crippen LogP contribution in [0.5, 0.6) is 0 Å². The molecule has 0 saturated heterocycles. The molecule has 13 heavy (non-hydrogen) atoms. The standard InChI is InChI=1S/C8H14N2O2S/c1-5-4-13-8(9-5)10-6(2)7(11)12-3/h5-6H,4H2,1-3H3,(H,9,10). The lowest BCUT2D eigenvalue weighted by atomic mass is 10.3. The van der Waals surface area contributed by atoms with Crippen molar-refractivity contribution in [1.82, 2.24) is 5.32 Å². The first kappa shape index (κ1) is 10.4. The van der Waals surface area contributed by atoms with Crippen molar-refractivity contribution in [3.05, 3.63) is 0 Å². The number of ether oxygens (including phenoxy) is 1. The third-order valence-corrected chi connectivity index (χ3v) is 2.84. The molecule has 1 aliphatic heterocycles. The topological polar surface area (TPSA) is 50.7 Å². The molecule has 0 radical (unpaired) electrons. The highest BCUT2D eigenvalue weighted by atomic mass is 32.2. The molecule has 4 nitrogen and oxygen atoms in total. The molecular weight excluding hydrogens is 188 g/mol. The molecule has 74 valence electrons. The number of thioether (sulfide) groups is 1. The second kappa shape index (κ2) is 4.50. The van der Waals surface area contributed by atoms with Gasteiger partial charge in [-0.05, 0) is 13.8 Å². The van der Waals surface area contributed by atoms with E-state index >= 15 is 0 Å². The molecule has 0 bridgehead atoms. The molecule has 0 aromatic carbocycles. The number of methoxy groups -OCH3 is 1. The largest absolute Gasteiger partial charge is 0.467 e. The second-order valence-electron chi connectivity index (χ2n) is 2.98. The average molecular weight is 202 g/mol. The molecule has 0 amide bonds. The van der Waals surface area contributed by atoms with Crippen LogP contribution in [0.1, 0.15) is 13.8 Å². The van der Waals surface area contributed by atoms with Crippen molar-refractivity contribution < 1.29 is 9.53 Å². The van der Waals surface area contributed by atoms with Crippen LogP contribution < -0.4 is 5.32 Å². The zero-order valence-electron chi connectivity index (χ0n) is 8.03. The van der Waals surface area contributed by atoms with Crippen molar-refractivity contribution in [2.24, 2.45) is 4.99 Å². The highest BCUT2D eigenvalue weighted by Crippen LogP contribution is 2.15. The molecule has 0 saturated carbocycles. The van der Waals surface area contributed by atoms with Crippen LogP contribution in [-0.2, 0) is 9.53 Å². The van der Waals surface area contributed by atoms with Gasteiger partial charge < -0.3 is 10.1 Å². The normalized spacial score (nSPS) is 23.6. The Hall–Kier alpha value is -0.710. The Labute approximate surface area is 82.1 Å². The first-order valence-corrected chi connectivity index (χ1v) is 5.17. The van der Waals surface area contributed by atoms with Crippen LogP contribution in [0, 0.1) is 0 Å². The number of aliphatic imine (C=N–C) groups is 1.